The van der Waals surface area contributed by atoms with Crippen molar-refractivity contribution in [2.45, 2.75) is 26.3 Å². The molecule has 1 aromatic carbocycles. The second-order valence-electron chi connectivity index (χ2n) is 6.48. The lowest BCUT2D eigenvalue weighted by atomic mass is 9.99. The zero-order valence-corrected chi connectivity index (χ0v) is 16.8. The van der Waals surface area contributed by atoms with Gasteiger partial charge in [-0.05, 0) is 48.7 Å². The molecule has 2 N–H and O–H groups in total. The van der Waals surface area contributed by atoms with Crippen LogP contribution in [0.15, 0.2) is 30.3 Å². The van der Waals surface area contributed by atoms with Crippen LogP contribution >= 0.6 is 35.4 Å². The smallest absolute Gasteiger partial charge is 0.232 e. The third-order valence-corrected chi connectivity index (χ3v) is 5.07. The van der Waals surface area contributed by atoms with Crippen LogP contribution in [0.25, 0.3) is 0 Å². The molecule has 0 aliphatic carbocycles. The molecule has 1 saturated heterocycles. The first kappa shape index (κ1) is 19.1. The average Bonchev–Trinajstić information content (AvgIpc) is 2.61. The van der Waals surface area contributed by atoms with Gasteiger partial charge in [0.15, 0.2) is 5.11 Å². The second kappa shape index (κ2) is 8.84. The molecule has 3 rings (SSSR count). The molecule has 8 heteroatoms. The van der Waals surface area contributed by atoms with Crippen molar-refractivity contribution in [3.05, 3.63) is 46.1 Å². The molecule has 0 unspecified atom stereocenters. The summed E-state index contributed by atoms with van der Waals surface area (Å²) in [5.74, 6) is 1.99. The molecule has 26 heavy (non-hydrogen) atoms. The fraction of sp³-hybridized carbons (Fsp3) is 0.389. The van der Waals surface area contributed by atoms with Gasteiger partial charge in [0, 0.05) is 30.7 Å². The first-order valence-electron chi connectivity index (χ1n) is 8.58. The monoisotopic (exact) mass is 409 g/mol. The lowest BCUT2D eigenvalue weighted by Crippen LogP contribution is -2.34. The maximum Gasteiger partial charge on any atom is 0.232 e. The molecule has 0 atom stereocenters. The highest BCUT2D eigenvalue weighted by atomic mass is 35.5. The van der Waals surface area contributed by atoms with Gasteiger partial charge < -0.3 is 15.5 Å². The number of hydrogen-bond acceptors (Lipinski definition) is 4. The molecule has 2 aromatic rings. The number of halogens is 2. The summed E-state index contributed by atoms with van der Waals surface area (Å²) < 4.78 is 0. The highest BCUT2D eigenvalue weighted by Crippen LogP contribution is 2.24. The summed E-state index contributed by atoms with van der Waals surface area (Å²) in [5.41, 5.74) is 1.08. The van der Waals surface area contributed by atoms with Crippen LogP contribution in [0, 0.1) is 5.92 Å². The quantitative estimate of drug-likeness (QED) is 0.572. The zero-order valence-electron chi connectivity index (χ0n) is 14.5. The topological polar surface area (TPSA) is 53.1 Å². The Morgan fingerprint density at radius 1 is 1.19 bits per heavy atom. The van der Waals surface area contributed by atoms with E-state index in [1.165, 1.54) is 0 Å². The van der Waals surface area contributed by atoms with E-state index >= 15 is 0 Å². The van der Waals surface area contributed by atoms with Crippen molar-refractivity contribution in [3.8, 4) is 0 Å². The van der Waals surface area contributed by atoms with Crippen LogP contribution < -0.4 is 15.5 Å². The Bertz CT molecular complexity index is 761. The second-order valence-corrected chi connectivity index (χ2v) is 7.71. The number of benzene rings is 1. The molecule has 1 aliphatic heterocycles. The van der Waals surface area contributed by atoms with Gasteiger partial charge in [-0.25, -0.2) is 4.98 Å². The maximum atomic E-state index is 6.18. The molecular formula is C18H21Cl2N5S. The number of nitrogens with one attached hydrogen (secondary N) is 2. The third kappa shape index (κ3) is 5.43. The molecule has 138 valence electrons. The summed E-state index contributed by atoms with van der Waals surface area (Å²) in [6.07, 6.45) is 2.32. The molecule has 0 amide bonds. The van der Waals surface area contributed by atoms with E-state index in [4.69, 9.17) is 35.4 Å². The Hall–Kier alpha value is -1.63. The Morgan fingerprint density at radius 3 is 2.58 bits per heavy atom. The van der Waals surface area contributed by atoms with E-state index in [1.54, 1.807) is 6.07 Å². The minimum Gasteiger partial charge on any atom is -0.358 e. The predicted molar refractivity (Wildman–Crippen MR) is 112 cm³/mol. The van der Waals surface area contributed by atoms with Gasteiger partial charge in [0.25, 0.3) is 0 Å². The average molecular weight is 410 g/mol. The molecular weight excluding hydrogens is 389 g/mol. The molecule has 2 heterocycles. The number of hydrogen-bond donors (Lipinski definition) is 2. The third-order valence-electron chi connectivity index (χ3n) is 4.38. The van der Waals surface area contributed by atoms with Crippen molar-refractivity contribution in [1.29, 1.82) is 0 Å². The van der Waals surface area contributed by atoms with Gasteiger partial charge in [-0.3, -0.25) is 0 Å². The van der Waals surface area contributed by atoms with E-state index < -0.39 is 0 Å². The zero-order chi connectivity index (χ0) is 18.5. The van der Waals surface area contributed by atoms with E-state index in [9.17, 15) is 0 Å². The summed E-state index contributed by atoms with van der Waals surface area (Å²) in [6.45, 7) is 4.82. The highest BCUT2D eigenvalue weighted by molar-refractivity contribution is 7.80. The van der Waals surface area contributed by atoms with Gasteiger partial charge in [-0.1, -0.05) is 42.3 Å². The van der Waals surface area contributed by atoms with Crippen LogP contribution in [0.3, 0.4) is 0 Å². The van der Waals surface area contributed by atoms with Crippen LogP contribution in [0.1, 0.15) is 25.3 Å². The van der Waals surface area contributed by atoms with Crippen LogP contribution in [0.5, 0.6) is 0 Å². The number of aromatic nitrogens is 2. The molecule has 0 spiro atoms. The summed E-state index contributed by atoms with van der Waals surface area (Å²) in [6, 6.07) is 9.39. The van der Waals surface area contributed by atoms with Gasteiger partial charge in [-0.2, -0.15) is 4.98 Å². The van der Waals surface area contributed by atoms with Crippen molar-refractivity contribution >= 4 is 52.3 Å². The van der Waals surface area contributed by atoms with Crippen molar-refractivity contribution in [2.24, 2.45) is 5.92 Å². The van der Waals surface area contributed by atoms with E-state index in [0.717, 1.165) is 43.2 Å². The van der Waals surface area contributed by atoms with E-state index in [-0.39, 0.29) is 0 Å². The van der Waals surface area contributed by atoms with E-state index in [1.807, 2.05) is 24.3 Å². The number of thiocarbonyl (C=S) groups is 1. The van der Waals surface area contributed by atoms with Crippen LogP contribution in [-0.4, -0.2) is 28.2 Å². The number of anilines is 2. The fourth-order valence-electron chi connectivity index (χ4n) is 2.79. The van der Waals surface area contributed by atoms with Crippen LogP contribution in [-0.2, 0) is 6.54 Å². The Morgan fingerprint density at radius 2 is 1.88 bits per heavy atom. The van der Waals surface area contributed by atoms with Gasteiger partial charge in [0.1, 0.15) is 11.0 Å². The fourth-order valence-corrected chi connectivity index (χ4v) is 3.26. The predicted octanol–water partition coefficient (Wildman–Crippen LogP) is 4.51. The standard InChI is InChI=1S/C18H21Cl2N5S/c1-12-6-8-25(9-7-12)16-10-15(20)22-17(23-16)24-18(26)21-11-13-2-4-14(19)5-3-13/h2-5,10,12H,6-9,11H2,1H3,(H2,21,22,23,24,26). The van der Waals surface area contributed by atoms with Crippen molar-refractivity contribution in [2.75, 3.05) is 23.3 Å². The van der Waals surface area contributed by atoms with Crippen molar-refractivity contribution in [1.82, 2.24) is 15.3 Å². The Labute approximate surface area is 169 Å². The van der Waals surface area contributed by atoms with Crippen molar-refractivity contribution in [3.63, 3.8) is 0 Å². The molecule has 5 nitrogen and oxygen atoms in total. The first-order chi connectivity index (χ1) is 12.5. The minimum absolute atomic E-state index is 0.400. The van der Waals surface area contributed by atoms with E-state index in [0.29, 0.717) is 27.8 Å². The molecule has 0 saturated carbocycles. The Kier molecular flexibility index (Phi) is 6.51. The SMILES string of the molecule is CC1CCN(c2cc(Cl)nc(NC(=S)NCc3ccc(Cl)cc3)n2)CC1. The van der Waals surface area contributed by atoms with Gasteiger partial charge in [0.05, 0.1) is 0 Å². The van der Waals surface area contributed by atoms with Gasteiger partial charge in [0.2, 0.25) is 5.95 Å². The summed E-state index contributed by atoms with van der Waals surface area (Å²) in [7, 11) is 0. The molecule has 0 bridgehead atoms. The lowest BCUT2D eigenvalue weighted by Gasteiger charge is -2.31. The Balaban J connectivity index is 1.60. The largest absolute Gasteiger partial charge is 0.358 e. The van der Waals surface area contributed by atoms with Crippen LogP contribution in [0.2, 0.25) is 10.2 Å². The summed E-state index contributed by atoms with van der Waals surface area (Å²) in [4.78, 5) is 11.0. The van der Waals surface area contributed by atoms with E-state index in [2.05, 4.69) is 32.4 Å². The van der Waals surface area contributed by atoms with Crippen molar-refractivity contribution < 1.29 is 0 Å². The molecule has 0 radical (unpaired) electrons. The maximum absolute atomic E-state index is 6.18. The lowest BCUT2D eigenvalue weighted by molar-refractivity contribution is 0.436. The molecule has 1 aliphatic rings. The van der Waals surface area contributed by atoms with Gasteiger partial charge >= 0.3 is 0 Å². The highest BCUT2D eigenvalue weighted by Gasteiger charge is 2.18. The summed E-state index contributed by atoms with van der Waals surface area (Å²) in [5, 5.41) is 7.70. The number of nitrogens with zero attached hydrogens (tertiary/aromatic N) is 3. The molecule has 1 fully saturated rings. The minimum atomic E-state index is 0.400. The van der Waals surface area contributed by atoms with Crippen LogP contribution in [0.4, 0.5) is 11.8 Å². The van der Waals surface area contributed by atoms with Gasteiger partial charge in [-0.15, -0.1) is 0 Å². The number of piperidine rings is 1. The first-order valence-corrected chi connectivity index (χ1v) is 9.75. The molecule has 1 aromatic heterocycles. The normalized spacial score (nSPS) is 15.0. The summed E-state index contributed by atoms with van der Waals surface area (Å²) >= 11 is 17.4. The number of rotatable bonds is 4.